The molecule has 0 aromatic heterocycles. The zero-order valence-electron chi connectivity index (χ0n) is 17.7. The highest BCUT2D eigenvalue weighted by atomic mass is 127. The number of hydrogen-bond donors (Lipinski definition) is 2. The fraction of sp³-hybridized carbons (Fsp3) is 0.650. The molecule has 0 aliphatic rings. The van der Waals surface area contributed by atoms with Crippen LogP contribution in [0.5, 0.6) is 11.5 Å². The maximum absolute atomic E-state index is 5.35. The van der Waals surface area contributed by atoms with Gasteiger partial charge in [-0.15, -0.1) is 24.0 Å². The Bertz CT molecular complexity index is 551. The Morgan fingerprint density at radius 1 is 1.15 bits per heavy atom. The molecule has 0 fully saturated rings. The zero-order chi connectivity index (χ0) is 19.4. The van der Waals surface area contributed by atoms with Crippen molar-refractivity contribution in [3.8, 4) is 11.5 Å². The van der Waals surface area contributed by atoms with Gasteiger partial charge in [0.1, 0.15) is 0 Å². The van der Waals surface area contributed by atoms with Crippen LogP contribution in [0.3, 0.4) is 0 Å². The summed E-state index contributed by atoms with van der Waals surface area (Å²) in [4.78, 5) is 6.78. The van der Waals surface area contributed by atoms with E-state index in [1.54, 1.807) is 21.3 Å². The third-order valence-corrected chi connectivity index (χ3v) is 4.52. The van der Waals surface area contributed by atoms with Crippen molar-refractivity contribution in [2.24, 2.45) is 4.99 Å². The number of guanidine groups is 1. The Hall–Kier alpha value is -1.22. The molecule has 0 heterocycles. The molecule has 1 aromatic carbocycles. The van der Waals surface area contributed by atoms with E-state index in [-0.39, 0.29) is 24.0 Å². The summed E-state index contributed by atoms with van der Waals surface area (Å²) in [6.07, 6.45) is 2.30. The van der Waals surface area contributed by atoms with Crippen LogP contribution in [0.15, 0.2) is 23.2 Å². The predicted octanol–water partition coefficient (Wildman–Crippen LogP) is 3.50. The van der Waals surface area contributed by atoms with Crippen molar-refractivity contribution in [3.63, 3.8) is 0 Å². The second-order valence-electron chi connectivity index (χ2n) is 6.33. The molecule has 0 spiro atoms. The van der Waals surface area contributed by atoms with Crippen molar-refractivity contribution in [1.82, 2.24) is 15.5 Å². The van der Waals surface area contributed by atoms with Crippen molar-refractivity contribution in [1.29, 1.82) is 0 Å². The minimum absolute atomic E-state index is 0. The summed E-state index contributed by atoms with van der Waals surface area (Å²) in [5.74, 6) is 2.29. The molecule has 27 heavy (non-hydrogen) atoms. The third kappa shape index (κ3) is 9.51. The highest BCUT2D eigenvalue weighted by molar-refractivity contribution is 14.0. The average Bonchev–Trinajstić information content (AvgIpc) is 2.68. The van der Waals surface area contributed by atoms with E-state index in [2.05, 4.69) is 41.3 Å². The normalized spacial score (nSPS) is 12.3. The Morgan fingerprint density at radius 3 is 2.37 bits per heavy atom. The van der Waals surface area contributed by atoms with Crippen LogP contribution < -0.4 is 20.1 Å². The van der Waals surface area contributed by atoms with E-state index in [1.807, 2.05) is 18.2 Å². The second kappa shape index (κ2) is 14.8. The number of methoxy groups -OCH3 is 2. The number of nitrogens with zero attached hydrogens (tertiary/aromatic N) is 2. The largest absolute Gasteiger partial charge is 0.493 e. The minimum Gasteiger partial charge on any atom is -0.493 e. The van der Waals surface area contributed by atoms with Crippen LogP contribution in [0.4, 0.5) is 0 Å². The summed E-state index contributed by atoms with van der Waals surface area (Å²) < 4.78 is 10.6. The van der Waals surface area contributed by atoms with Crippen molar-refractivity contribution in [3.05, 3.63) is 23.8 Å². The smallest absolute Gasteiger partial charge is 0.191 e. The van der Waals surface area contributed by atoms with Gasteiger partial charge in [0.25, 0.3) is 0 Å². The van der Waals surface area contributed by atoms with Gasteiger partial charge >= 0.3 is 0 Å². The van der Waals surface area contributed by atoms with Gasteiger partial charge in [-0.25, -0.2) is 0 Å². The van der Waals surface area contributed by atoms with Crippen LogP contribution in [-0.2, 0) is 6.54 Å². The van der Waals surface area contributed by atoms with E-state index in [0.717, 1.165) is 49.1 Å². The van der Waals surface area contributed by atoms with Gasteiger partial charge in [0, 0.05) is 19.6 Å². The summed E-state index contributed by atoms with van der Waals surface area (Å²) in [6, 6.07) is 6.30. The van der Waals surface area contributed by atoms with Crippen molar-refractivity contribution in [2.45, 2.75) is 46.2 Å². The fourth-order valence-electron chi connectivity index (χ4n) is 2.84. The summed E-state index contributed by atoms with van der Waals surface area (Å²) in [5.41, 5.74) is 1.11. The number of benzene rings is 1. The topological polar surface area (TPSA) is 58.1 Å². The number of ether oxygens (including phenoxy) is 2. The van der Waals surface area contributed by atoms with E-state index in [1.165, 1.54) is 6.42 Å². The second-order valence-corrected chi connectivity index (χ2v) is 6.33. The van der Waals surface area contributed by atoms with Gasteiger partial charge < -0.3 is 25.0 Å². The van der Waals surface area contributed by atoms with E-state index in [4.69, 9.17) is 9.47 Å². The zero-order valence-corrected chi connectivity index (χ0v) is 20.0. The van der Waals surface area contributed by atoms with Crippen LogP contribution in [-0.4, -0.2) is 57.8 Å². The Kier molecular flexibility index (Phi) is 14.1. The first-order chi connectivity index (χ1) is 12.6. The quantitative estimate of drug-likeness (QED) is 0.282. The lowest BCUT2D eigenvalue weighted by molar-refractivity contribution is 0.292. The van der Waals surface area contributed by atoms with Crippen molar-refractivity contribution < 1.29 is 9.47 Å². The Balaban J connectivity index is 0.00000676. The Morgan fingerprint density at radius 2 is 1.81 bits per heavy atom. The van der Waals surface area contributed by atoms with Gasteiger partial charge in [-0.1, -0.05) is 19.9 Å². The first-order valence-corrected chi connectivity index (χ1v) is 9.48. The average molecular weight is 492 g/mol. The minimum atomic E-state index is 0. The SMILES string of the molecule is CCN(CC)CCCC(C)NC(=NC)NCc1ccc(OC)c(OC)c1.I. The molecule has 1 aromatic rings. The van der Waals surface area contributed by atoms with E-state index in [0.29, 0.717) is 12.6 Å². The molecule has 0 aliphatic carbocycles. The fourth-order valence-corrected chi connectivity index (χ4v) is 2.84. The van der Waals surface area contributed by atoms with E-state index in [9.17, 15) is 0 Å². The third-order valence-electron chi connectivity index (χ3n) is 4.52. The highest BCUT2D eigenvalue weighted by Gasteiger charge is 2.08. The maximum Gasteiger partial charge on any atom is 0.191 e. The maximum atomic E-state index is 5.35. The number of aliphatic imine (C=N–C) groups is 1. The molecule has 0 amide bonds. The molecule has 1 rings (SSSR count). The molecule has 1 unspecified atom stereocenters. The summed E-state index contributed by atoms with van der Waals surface area (Å²) in [5, 5.41) is 6.82. The van der Waals surface area contributed by atoms with Gasteiger partial charge in [-0.3, -0.25) is 4.99 Å². The van der Waals surface area contributed by atoms with E-state index >= 15 is 0 Å². The summed E-state index contributed by atoms with van der Waals surface area (Å²) in [7, 11) is 5.09. The molecule has 0 saturated heterocycles. The van der Waals surface area contributed by atoms with Crippen molar-refractivity contribution in [2.75, 3.05) is 40.9 Å². The summed E-state index contributed by atoms with van der Waals surface area (Å²) in [6.45, 7) is 10.7. The number of nitrogens with one attached hydrogen (secondary N) is 2. The molecule has 6 nitrogen and oxygen atoms in total. The lowest BCUT2D eigenvalue weighted by atomic mass is 10.1. The molecule has 156 valence electrons. The first-order valence-electron chi connectivity index (χ1n) is 9.48. The van der Waals surface area contributed by atoms with Gasteiger partial charge in [0.05, 0.1) is 14.2 Å². The van der Waals surface area contributed by atoms with Crippen LogP contribution >= 0.6 is 24.0 Å². The first kappa shape index (κ1) is 25.8. The van der Waals surface area contributed by atoms with Crippen LogP contribution in [0.1, 0.15) is 39.2 Å². The van der Waals surface area contributed by atoms with Gasteiger partial charge in [0.2, 0.25) is 0 Å². The van der Waals surface area contributed by atoms with Gasteiger partial charge in [-0.05, 0) is 57.1 Å². The molecule has 2 N–H and O–H groups in total. The lowest BCUT2D eigenvalue weighted by Crippen LogP contribution is -2.42. The molecular formula is C20H37IN4O2. The number of rotatable bonds is 11. The van der Waals surface area contributed by atoms with E-state index < -0.39 is 0 Å². The highest BCUT2D eigenvalue weighted by Crippen LogP contribution is 2.27. The van der Waals surface area contributed by atoms with Crippen LogP contribution in [0.25, 0.3) is 0 Å². The monoisotopic (exact) mass is 492 g/mol. The molecular weight excluding hydrogens is 455 g/mol. The van der Waals surface area contributed by atoms with Gasteiger partial charge in [0.15, 0.2) is 17.5 Å². The summed E-state index contributed by atoms with van der Waals surface area (Å²) >= 11 is 0. The van der Waals surface area contributed by atoms with Crippen LogP contribution in [0, 0.1) is 0 Å². The van der Waals surface area contributed by atoms with Crippen molar-refractivity contribution >= 4 is 29.9 Å². The standard InChI is InChI=1S/C20H36N4O2.HI/c1-7-24(8-2)13-9-10-16(3)23-20(21-4)22-15-17-11-12-18(25-5)19(14-17)26-6;/h11-12,14,16H,7-10,13,15H2,1-6H3,(H2,21,22,23);1H. The van der Waals surface area contributed by atoms with Crippen LogP contribution in [0.2, 0.25) is 0 Å². The molecule has 7 heteroatoms. The van der Waals surface area contributed by atoms with Gasteiger partial charge in [-0.2, -0.15) is 0 Å². The molecule has 0 bridgehead atoms. The predicted molar refractivity (Wildman–Crippen MR) is 125 cm³/mol. The molecule has 0 radical (unpaired) electrons. The molecule has 0 saturated carbocycles. The molecule has 0 aliphatic heterocycles. The number of hydrogen-bond acceptors (Lipinski definition) is 4. The lowest BCUT2D eigenvalue weighted by Gasteiger charge is -2.21. The molecule has 1 atom stereocenters. The number of halogens is 1. The Labute approximate surface area is 182 Å².